The van der Waals surface area contributed by atoms with Crippen LogP contribution in [0.1, 0.15) is 40.0 Å². The van der Waals surface area contributed by atoms with Gasteiger partial charge in [0, 0.05) is 18.4 Å². The molecule has 0 radical (unpaired) electrons. The van der Waals surface area contributed by atoms with E-state index in [1.54, 1.807) is 24.3 Å². The van der Waals surface area contributed by atoms with E-state index in [0.29, 0.717) is 12.0 Å². The Labute approximate surface area is 145 Å². The number of ether oxygens (including phenoxy) is 1. The Morgan fingerprint density at radius 2 is 1.72 bits per heavy atom. The first-order valence-corrected chi connectivity index (χ1v) is 7.80. The molecule has 0 aliphatic heterocycles. The number of Topliss-reactive ketones (excluding diaryl/α,β-unsaturated/α-hetero) is 1. The van der Waals surface area contributed by atoms with Gasteiger partial charge in [-0.2, -0.15) is 0 Å². The van der Waals surface area contributed by atoms with E-state index >= 15 is 0 Å². The van der Waals surface area contributed by atoms with Gasteiger partial charge in [-0.1, -0.05) is 30.3 Å². The van der Waals surface area contributed by atoms with Crippen LogP contribution in [0.5, 0.6) is 5.75 Å². The maximum atomic E-state index is 12.0. The molecule has 0 spiro atoms. The lowest BCUT2D eigenvalue weighted by Crippen LogP contribution is -2.12. The number of hydrogen-bond donors (Lipinski definition) is 2. The molecule has 0 saturated carbocycles. The van der Waals surface area contributed by atoms with Crippen LogP contribution < -0.4 is 5.32 Å². The fourth-order valence-electron chi connectivity index (χ4n) is 2.27. The number of hydrogen-bond acceptors (Lipinski definition) is 5. The zero-order valence-corrected chi connectivity index (χ0v) is 13.8. The van der Waals surface area contributed by atoms with Crippen LogP contribution in [0.25, 0.3) is 0 Å². The SMILES string of the molecule is COC(=O)c1ccc(NC(=O)CCCC(=O)c2ccccc2)c(O)c1. The van der Waals surface area contributed by atoms with Crippen molar-refractivity contribution in [3.8, 4) is 5.75 Å². The normalized spacial score (nSPS) is 10.1. The van der Waals surface area contributed by atoms with E-state index in [9.17, 15) is 19.5 Å². The van der Waals surface area contributed by atoms with E-state index < -0.39 is 5.97 Å². The Morgan fingerprint density at radius 3 is 2.36 bits per heavy atom. The minimum Gasteiger partial charge on any atom is -0.506 e. The first-order chi connectivity index (χ1) is 12.0. The van der Waals surface area contributed by atoms with Crippen LogP contribution in [0.2, 0.25) is 0 Å². The number of esters is 1. The molecule has 0 unspecified atom stereocenters. The highest BCUT2D eigenvalue weighted by atomic mass is 16.5. The van der Waals surface area contributed by atoms with Crippen molar-refractivity contribution in [2.24, 2.45) is 0 Å². The summed E-state index contributed by atoms with van der Waals surface area (Å²) in [5.41, 5.74) is 1.01. The summed E-state index contributed by atoms with van der Waals surface area (Å²) in [4.78, 5) is 35.3. The van der Waals surface area contributed by atoms with E-state index in [1.807, 2.05) is 6.07 Å². The van der Waals surface area contributed by atoms with Crippen LogP contribution in [-0.2, 0) is 9.53 Å². The molecule has 0 fully saturated rings. The number of methoxy groups -OCH3 is 1. The second-order valence-electron chi connectivity index (χ2n) is 5.41. The molecule has 6 heteroatoms. The molecule has 25 heavy (non-hydrogen) atoms. The Bertz CT molecular complexity index is 771. The minimum atomic E-state index is -0.576. The third-order valence-electron chi connectivity index (χ3n) is 3.60. The number of ketones is 1. The first-order valence-electron chi connectivity index (χ1n) is 7.80. The van der Waals surface area contributed by atoms with Crippen LogP contribution in [0.3, 0.4) is 0 Å². The van der Waals surface area contributed by atoms with Crippen molar-refractivity contribution in [2.45, 2.75) is 19.3 Å². The summed E-state index contributed by atoms with van der Waals surface area (Å²) in [5, 5.41) is 12.4. The van der Waals surface area contributed by atoms with Gasteiger partial charge in [0.25, 0.3) is 0 Å². The number of carbonyl (C=O) groups excluding carboxylic acids is 3. The lowest BCUT2D eigenvalue weighted by Gasteiger charge is -2.08. The molecule has 0 heterocycles. The summed E-state index contributed by atoms with van der Waals surface area (Å²) in [5.74, 6) is -1.13. The Hall–Kier alpha value is -3.15. The minimum absolute atomic E-state index is 0.0151. The molecule has 0 aliphatic carbocycles. The summed E-state index contributed by atoms with van der Waals surface area (Å²) in [6.07, 6.45) is 0.821. The lowest BCUT2D eigenvalue weighted by atomic mass is 10.1. The number of benzene rings is 2. The summed E-state index contributed by atoms with van der Waals surface area (Å²) >= 11 is 0. The number of anilines is 1. The van der Waals surface area contributed by atoms with Gasteiger partial charge in [-0.3, -0.25) is 9.59 Å². The van der Waals surface area contributed by atoms with Crippen LogP contribution in [0.15, 0.2) is 48.5 Å². The number of aromatic hydroxyl groups is 1. The molecule has 0 aliphatic rings. The van der Waals surface area contributed by atoms with E-state index in [0.717, 1.165) is 0 Å². The third kappa shape index (κ3) is 5.17. The lowest BCUT2D eigenvalue weighted by molar-refractivity contribution is -0.116. The predicted octanol–water partition coefficient (Wildman–Crippen LogP) is 3.17. The van der Waals surface area contributed by atoms with E-state index in [4.69, 9.17) is 0 Å². The van der Waals surface area contributed by atoms with Gasteiger partial charge in [-0.25, -0.2) is 4.79 Å². The Morgan fingerprint density at radius 1 is 1.00 bits per heavy atom. The number of phenols is 1. The van der Waals surface area contributed by atoms with Crippen LogP contribution >= 0.6 is 0 Å². The Balaban J connectivity index is 1.84. The van der Waals surface area contributed by atoms with Gasteiger partial charge >= 0.3 is 5.97 Å². The van der Waals surface area contributed by atoms with Crippen molar-refractivity contribution in [3.05, 3.63) is 59.7 Å². The van der Waals surface area contributed by atoms with Gasteiger partial charge in [-0.15, -0.1) is 0 Å². The van der Waals surface area contributed by atoms with Gasteiger partial charge in [0.15, 0.2) is 5.78 Å². The van der Waals surface area contributed by atoms with Gasteiger partial charge in [-0.05, 0) is 24.6 Å². The Kier molecular flexibility index (Phi) is 6.28. The molecular formula is C19H19NO5. The number of rotatable bonds is 7. The fraction of sp³-hybridized carbons (Fsp3) is 0.211. The van der Waals surface area contributed by atoms with Crippen LogP contribution in [-0.4, -0.2) is 29.9 Å². The second kappa shape index (κ2) is 8.63. The van der Waals surface area contributed by atoms with Gasteiger partial charge in [0.2, 0.25) is 5.91 Å². The monoisotopic (exact) mass is 341 g/mol. The highest BCUT2D eigenvalue weighted by Gasteiger charge is 2.12. The predicted molar refractivity (Wildman–Crippen MR) is 92.7 cm³/mol. The van der Waals surface area contributed by atoms with E-state index in [2.05, 4.69) is 10.1 Å². The molecular weight excluding hydrogens is 322 g/mol. The van der Waals surface area contributed by atoms with Crippen molar-refractivity contribution < 1.29 is 24.2 Å². The zero-order valence-electron chi connectivity index (χ0n) is 13.8. The van der Waals surface area contributed by atoms with Gasteiger partial charge in [0.05, 0.1) is 18.4 Å². The molecule has 2 rings (SSSR count). The number of phenolic OH excluding ortho intramolecular Hbond substituents is 1. The molecule has 2 aromatic carbocycles. The highest BCUT2D eigenvalue weighted by Crippen LogP contribution is 2.25. The van der Waals surface area contributed by atoms with E-state index in [-0.39, 0.29) is 41.5 Å². The van der Waals surface area contributed by atoms with Gasteiger partial charge < -0.3 is 15.2 Å². The van der Waals surface area contributed by atoms with Crippen LogP contribution in [0, 0.1) is 0 Å². The number of amides is 1. The zero-order chi connectivity index (χ0) is 18.2. The molecule has 130 valence electrons. The number of nitrogens with one attached hydrogen (secondary N) is 1. The average Bonchev–Trinajstić information content (AvgIpc) is 2.63. The van der Waals surface area contributed by atoms with Crippen molar-refractivity contribution in [2.75, 3.05) is 12.4 Å². The van der Waals surface area contributed by atoms with Crippen molar-refractivity contribution >= 4 is 23.3 Å². The maximum Gasteiger partial charge on any atom is 0.337 e. The molecule has 0 bridgehead atoms. The van der Waals surface area contributed by atoms with E-state index in [1.165, 1.54) is 25.3 Å². The van der Waals surface area contributed by atoms with Crippen molar-refractivity contribution in [1.29, 1.82) is 0 Å². The quantitative estimate of drug-likeness (QED) is 0.458. The van der Waals surface area contributed by atoms with Crippen LogP contribution in [0.4, 0.5) is 5.69 Å². The van der Waals surface area contributed by atoms with Crippen molar-refractivity contribution in [1.82, 2.24) is 0 Å². The third-order valence-corrected chi connectivity index (χ3v) is 3.60. The highest BCUT2D eigenvalue weighted by molar-refractivity contribution is 5.97. The molecule has 1 amide bonds. The molecule has 0 atom stereocenters. The number of carbonyl (C=O) groups is 3. The standard InChI is InChI=1S/C19H19NO5/c1-25-19(24)14-10-11-15(17(22)12-14)20-18(23)9-5-8-16(21)13-6-3-2-4-7-13/h2-4,6-7,10-12,22H,5,8-9H2,1H3,(H,20,23). The summed E-state index contributed by atoms with van der Waals surface area (Å²) in [6.45, 7) is 0. The molecule has 0 aromatic heterocycles. The second-order valence-corrected chi connectivity index (χ2v) is 5.41. The topological polar surface area (TPSA) is 92.7 Å². The summed E-state index contributed by atoms with van der Waals surface area (Å²) < 4.78 is 4.55. The molecule has 2 N–H and O–H groups in total. The maximum absolute atomic E-state index is 12.0. The summed E-state index contributed by atoms with van der Waals surface area (Å²) in [6, 6.07) is 13.0. The average molecular weight is 341 g/mol. The first kappa shape index (κ1) is 18.2. The fourth-order valence-corrected chi connectivity index (χ4v) is 2.27. The molecule has 2 aromatic rings. The largest absolute Gasteiger partial charge is 0.506 e. The summed E-state index contributed by atoms with van der Waals surface area (Å²) in [7, 11) is 1.24. The molecule has 6 nitrogen and oxygen atoms in total. The van der Waals surface area contributed by atoms with Gasteiger partial charge in [0.1, 0.15) is 5.75 Å². The smallest absolute Gasteiger partial charge is 0.337 e. The molecule has 0 saturated heterocycles. The van der Waals surface area contributed by atoms with Crippen molar-refractivity contribution in [3.63, 3.8) is 0 Å².